The lowest BCUT2D eigenvalue weighted by molar-refractivity contribution is -0.118. The van der Waals surface area contributed by atoms with E-state index in [9.17, 15) is 9.18 Å². The van der Waals surface area contributed by atoms with Gasteiger partial charge >= 0.3 is 0 Å². The molecule has 0 aromatic heterocycles. The summed E-state index contributed by atoms with van der Waals surface area (Å²) in [5.41, 5.74) is 5.30. The number of rotatable bonds is 5. The highest BCUT2D eigenvalue weighted by Gasteiger charge is 1.99. The molecule has 0 aromatic rings. The minimum Gasteiger partial charge on any atom is -0.356 e. The Kier molecular flexibility index (Phi) is 10.7. The largest absolute Gasteiger partial charge is 0.356 e. The summed E-state index contributed by atoms with van der Waals surface area (Å²) in [7, 11) is 0. The molecule has 1 atom stereocenters. The van der Waals surface area contributed by atoms with E-state index in [2.05, 4.69) is 5.32 Å². The van der Waals surface area contributed by atoms with Gasteiger partial charge in [-0.3, -0.25) is 4.79 Å². The van der Waals surface area contributed by atoms with Crippen LogP contribution in [-0.2, 0) is 4.79 Å². The molecule has 0 aromatic carbocycles. The predicted molar refractivity (Wildman–Crippen MR) is 52.2 cm³/mol. The van der Waals surface area contributed by atoms with E-state index in [1.54, 1.807) is 0 Å². The number of hydrogen-bond donors (Lipinski definition) is 2. The summed E-state index contributed by atoms with van der Waals surface area (Å²) in [5.74, 6) is -0.0566. The molecule has 74 valence electrons. The summed E-state index contributed by atoms with van der Waals surface area (Å²) in [4.78, 5) is 10.3. The van der Waals surface area contributed by atoms with Gasteiger partial charge in [-0.05, 0) is 12.8 Å². The van der Waals surface area contributed by atoms with E-state index in [-0.39, 0.29) is 28.9 Å². The fourth-order valence-corrected chi connectivity index (χ4v) is 0.706. The second-order valence-corrected chi connectivity index (χ2v) is 2.54. The van der Waals surface area contributed by atoms with Gasteiger partial charge in [-0.2, -0.15) is 0 Å². The van der Waals surface area contributed by atoms with Gasteiger partial charge in [-0.1, -0.05) is 0 Å². The zero-order valence-electron chi connectivity index (χ0n) is 7.18. The molecule has 3 nitrogen and oxygen atoms in total. The minimum atomic E-state index is -0.486. The van der Waals surface area contributed by atoms with E-state index in [0.29, 0.717) is 13.0 Å². The molecule has 0 heterocycles. The van der Waals surface area contributed by atoms with Gasteiger partial charge in [0.1, 0.15) is 6.67 Å². The van der Waals surface area contributed by atoms with Crippen molar-refractivity contribution in [2.75, 3.05) is 13.2 Å². The van der Waals surface area contributed by atoms with Crippen molar-refractivity contribution >= 4 is 22.9 Å². The van der Waals surface area contributed by atoms with Gasteiger partial charge < -0.3 is 11.1 Å². The fourth-order valence-electron chi connectivity index (χ4n) is 0.706. The molecule has 1 amide bonds. The summed E-state index contributed by atoms with van der Waals surface area (Å²) in [5, 5.41) is 2.61. The van der Waals surface area contributed by atoms with Crippen LogP contribution in [0.15, 0.2) is 0 Å². The standard InChI is InChI=1S/C7H15FN2O.BrH/c1-6(11)10-4-2-3-7(9)5-8;/h7H,2-5,9H2,1H3,(H,10,11);1H. The van der Waals surface area contributed by atoms with E-state index in [1.807, 2.05) is 0 Å². The topological polar surface area (TPSA) is 55.1 Å². The summed E-state index contributed by atoms with van der Waals surface area (Å²) in [6, 6.07) is -0.372. The summed E-state index contributed by atoms with van der Waals surface area (Å²) in [6.45, 7) is 1.55. The van der Waals surface area contributed by atoms with Gasteiger partial charge in [0.15, 0.2) is 0 Å². The minimum absolute atomic E-state index is 0. The molecular weight excluding hydrogens is 227 g/mol. The van der Waals surface area contributed by atoms with Gasteiger partial charge in [0.25, 0.3) is 0 Å². The number of amides is 1. The highest BCUT2D eigenvalue weighted by molar-refractivity contribution is 8.93. The van der Waals surface area contributed by atoms with E-state index < -0.39 is 6.67 Å². The first kappa shape index (κ1) is 14.4. The molecule has 3 N–H and O–H groups in total. The number of carbonyl (C=O) groups excluding carboxylic acids is 1. The van der Waals surface area contributed by atoms with Crippen LogP contribution >= 0.6 is 17.0 Å². The molecule has 0 rings (SSSR count). The third-order valence-electron chi connectivity index (χ3n) is 1.32. The maximum Gasteiger partial charge on any atom is 0.216 e. The van der Waals surface area contributed by atoms with Crippen molar-refractivity contribution in [3.05, 3.63) is 0 Å². The first-order valence-electron chi connectivity index (χ1n) is 3.72. The molecule has 0 radical (unpaired) electrons. The average Bonchev–Trinajstić information content (AvgIpc) is 1.97. The number of nitrogens with one attached hydrogen (secondary N) is 1. The average molecular weight is 243 g/mol. The van der Waals surface area contributed by atoms with Crippen molar-refractivity contribution in [1.29, 1.82) is 0 Å². The van der Waals surface area contributed by atoms with Crippen LogP contribution < -0.4 is 11.1 Å². The molecule has 5 heteroatoms. The fraction of sp³-hybridized carbons (Fsp3) is 0.857. The Balaban J connectivity index is 0. The van der Waals surface area contributed by atoms with Crippen molar-refractivity contribution < 1.29 is 9.18 Å². The van der Waals surface area contributed by atoms with Crippen LogP contribution in [0.3, 0.4) is 0 Å². The van der Waals surface area contributed by atoms with Crippen molar-refractivity contribution in [3.8, 4) is 0 Å². The molecule has 1 unspecified atom stereocenters. The van der Waals surface area contributed by atoms with Crippen molar-refractivity contribution in [2.45, 2.75) is 25.8 Å². The first-order chi connectivity index (χ1) is 5.16. The lowest BCUT2D eigenvalue weighted by Crippen LogP contribution is -2.26. The zero-order chi connectivity index (χ0) is 8.69. The number of nitrogens with two attached hydrogens (primary N) is 1. The molecule has 0 aliphatic rings. The molecule has 0 saturated carbocycles. The van der Waals surface area contributed by atoms with E-state index in [4.69, 9.17) is 5.73 Å². The van der Waals surface area contributed by atoms with E-state index >= 15 is 0 Å². The SMILES string of the molecule is Br.CC(=O)NCCCC(N)CF. The van der Waals surface area contributed by atoms with Crippen molar-refractivity contribution in [1.82, 2.24) is 5.32 Å². The van der Waals surface area contributed by atoms with Gasteiger partial charge in [0, 0.05) is 19.5 Å². The van der Waals surface area contributed by atoms with Crippen LogP contribution in [0, 0.1) is 0 Å². The third kappa shape index (κ3) is 9.84. The summed E-state index contributed by atoms with van der Waals surface area (Å²) < 4.78 is 11.8. The Morgan fingerprint density at radius 2 is 2.25 bits per heavy atom. The lowest BCUT2D eigenvalue weighted by Gasteiger charge is -2.05. The number of halogens is 2. The number of carbonyl (C=O) groups is 1. The molecule has 0 bridgehead atoms. The van der Waals surface area contributed by atoms with Crippen LogP contribution in [-0.4, -0.2) is 25.2 Å². The number of hydrogen-bond acceptors (Lipinski definition) is 2. The van der Waals surface area contributed by atoms with Crippen molar-refractivity contribution in [3.63, 3.8) is 0 Å². The second kappa shape index (κ2) is 8.93. The Morgan fingerprint density at radius 1 is 1.67 bits per heavy atom. The van der Waals surface area contributed by atoms with Gasteiger partial charge in [0.2, 0.25) is 5.91 Å². The van der Waals surface area contributed by atoms with Crippen LogP contribution in [0.1, 0.15) is 19.8 Å². The highest BCUT2D eigenvalue weighted by atomic mass is 79.9. The normalized spacial score (nSPS) is 11.6. The van der Waals surface area contributed by atoms with E-state index in [0.717, 1.165) is 6.42 Å². The van der Waals surface area contributed by atoms with Gasteiger partial charge in [-0.25, -0.2) is 4.39 Å². The maximum atomic E-state index is 11.8. The third-order valence-corrected chi connectivity index (χ3v) is 1.32. The number of alkyl halides is 1. The predicted octanol–water partition coefficient (Wildman–Crippen LogP) is 0.777. The molecule has 0 spiro atoms. The second-order valence-electron chi connectivity index (χ2n) is 2.54. The van der Waals surface area contributed by atoms with E-state index in [1.165, 1.54) is 6.92 Å². The molecule has 0 saturated heterocycles. The zero-order valence-corrected chi connectivity index (χ0v) is 8.89. The van der Waals surface area contributed by atoms with Crippen LogP contribution in [0.5, 0.6) is 0 Å². The highest BCUT2D eigenvalue weighted by Crippen LogP contribution is 1.93. The summed E-state index contributed by atoms with van der Waals surface area (Å²) in [6.07, 6.45) is 1.36. The first-order valence-corrected chi connectivity index (χ1v) is 3.72. The van der Waals surface area contributed by atoms with Crippen LogP contribution in [0.4, 0.5) is 4.39 Å². The maximum absolute atomic E-state index is 11.8. The Labute approximate surface area is 82.7 Å². The van der Waals surface area contributed by atoms with Crippen LogP contribution in [0.2, 0.25) is 0 Å². The quantitative estimate of drug-likeness (QED) is 0.701. The lowest BCUT2D eigenvalue weighted by atomic mass is 10.2. The molecule has 0 aliphatic carbocycles. The Hall–Kier alpha value is -0.160. The van der Waals surface area contributed by atoms with Gasteiger partial charge in [0.05, 0.1) is 0 Å². The summed E-state index contributed by atoms with van der Waals surface area (Å²) >= 11 is 0. The Morgan fingerprint density at radius 3 is 2.67 bits per heavy atom. The smallest absolute Gasteiger partial charge is 0.216 e. The monoisotopic (exact) mass is 242 g/mol. The van der Waals surface area contributed by atoms with Crippen LogP contribution in [0.25, 0.3) is 0 Å². The molecular formula is C7H16BrFN2O. The Bertz CT molecular complexity index is 124. The molecule has 0 fully saturated rings. The van der Waals surface area contributed by atoms with Crippen molar-refractivity contribution in [2.24, 2.45) is 5.73 Å². The van der Waals surface area contributed by atoms with Gasteiger partial charge in [-0.15, -0.1) is 17.0 Å². The molecule has 0 aliphatic heterocycles. The molecule has 12 heavy (non-hydrogen) atoms.